The van der Waals surface area contributed by atoms with Crippen LogP contribution in [0.25, 0.3) is 0 Å². The third-order valence-electron chi connectivity index (χ3n) is 4.47. The maximum atomic E-state index is 12.6. The van der Waals surface area contributed by atoms with E-state index in [9.17, 15) is 4.79 Å². The van der Waals surface area contributed by atoms with Crippen LogP contribution in [0.1, 0.15) is 47.7 Å². The molecule has 3 rings (SSSR count). The Bertz CT molecular complexity index is 657. The molecule has 1 aliphatic heterocycles. The lowest BCUT2D eigenvalue weighted by atomic mass is 9.90. The van der Waals surface area contributed by atoms with Crippen LogP contribution < -0.4 is 5.32 Å². The molecule has 23 heavy (non-hydrogen) atoms. The average molecular weight is 317 g/mol. The van der Waals surface area contributed by atoms with Gasteiger partial charge in [0.1, 0.15) is 5.82 Å². The van der Waals surface area contributed by atoms with Crippen LogP contribution in [0.2, 0.25) is 0 Å². The summed E-state index contributed by atoms with van der Waals surface area (Å²) in [4.78, 5) is 17.1. The normalized spacial score (nSPS) is 17.1. The third-order valence-corrected chi connectivity index (χ3v) is 4.47. The van der Waals surface area contributed by atoms with E-state index >= 15 is 0 Å². The van der Waals surface area contributed by atoms with Gasteiger partial charge in [0, 0.05) is 37.8 Å². The van der Waals surface area contributed by atoms with Gasteiger partial charge >= 0.3 is 0 Å². The van der Waals surface area contributed by atoms with Crippen molar-refractivity contribution in [3.05, 3.63) is 35.7 Å². The van der Waals surface area contributed by atoms with Crippen LogP contribution in [-0.4, -0.2) is 38.9 Å². The Balaban J connectivity index is 1.86. The van der Waals surface area contributed by atoms with Crippen molar-refractivity contribution in [2.24, 2.45) is 5.92 Å². The predicted molar refractivity (Wildman–Crippen MR) is 85.0 cm³/mol. The van der Waals surface area contributed by atoms with Gasteiger partial charge in [0.05, 0.1) is 17.8 Å². The number of ether oxygens (including phenoxy) is 1. The van der Waals surface area contributed by atoms with Gasteiger partial charge < -0.3 is 14.6 Å². The largest absolute Gasteiger partial charge is 0.381 e. The van der Waals surface area contributed by atoms with Crippen LogP contribution in [0.15, 0.2) is 18.6 Å². The summed E-state index contributed by atoms with van der Waals surface area (Å²) in [5, 5.41) is 9.91. The van der Waals surface area contributed by atoms with Crippen molar-refractivity contribution in [1.82, 2.24) is 25.1 Å². The molecule has 0 saturated carbocycles. The first-order valence-electron chi connectivity index (χ1n) is 8.10. The van der Waals surface area contributed by atoms with Gasteiger partial charge in [-0.3, -0.25) is 9.89 Å². The molecule has 1 saturated heterocycles. The van der Waals surface area contributed by atoms with Crippen molar-refractivity contribution in [3.8, 4) is 0 Å². The van der Waals surface area contributed by atoms with E-state index in [0.29, 0.717) is 11.5 Å². The summed E-state index contributed by atoms with van der Waals surface area (Å²) >= 11 is 0. The number of aryl methyl sites for hydroxylation is 2. The first kappa shape index (κ1) is 15.7. The molecular formula is C16H23N5O2. The van der Waals surface area contributed by atoms with Crippen molar-refractivity contribution in [1.29, 1.82) is 0 Å². The van der Waals surface area contributed by atoms with Crippen molar-refractivity contribution >= 4 is 5.91 Å². The lowest BCUT2D eigenvalue weighted by molar-refractivity contribution is 0.0498. The van der Waals surface area contributed by atoms with E-state index in [-0.39, 0.29) is 11.9 Å². The van der Waals surface area contributed by atoms with Crippen LogP contribution in [0.3, 0.4) is 0 Å². The van der Waals surface area contributed by atoms with Gasteiger partial charge in [-0.2, -0.15) is 5.10 Å². The first-order valence-corrected chi connectivity index (χ1v) is 8.10. The summed E-state index contributed by atoms with van der Waals surface area (Å²) in [6.45, 7) is 6.21. The molecule has 2 aromatic rings. The smallest absolute Gasteiger partial charge is 0.255 e. The summed E-state index contributed by atoms with van der Waals surface area (Å²) in [6, 6.07) is -0.115. The number of aromatic amines is 1. The molecule has 0 unspecified atom stereocenters. The maximum absolute atomic E-state index is 12.6. The number of amides is 1. The van der Waals surface area contributed by atoms with E-state index in [2.05, 4.69) is 32.0 Å². The summed E-state index contributed by atoms with van der Waals surface area (Å²) in [7, 11) is 0. The number of H-pyrrole nitrogens is 1. The molecule has 2 N–H and O–H groups in total. The highest BCUT2D eigenvalue weighted by Crippen LogP contribution is 2.29. The molecule has 1 fully saturated rings. The van der Waals surface area contributed by atoms with E-state index in [1.54, 1.807) is 12.4 Å². The molecule has 0 radical (unpaired) electrons. The molecule has 0 aliphatic carbocycles. The monoisotopic (exact) mass is 317 g/mol. The number of hydrogen-bond acceptors (Lipinski definition) is 4. The topological polar surface area (TPSA) is 84.8 Å². The highest BCUT2D eigenvalue weighted by molar-refractivity contribution is 5.95. The fourth-order valence-electron chi connectivity index (χ4n) is 3.11. The number of hydrogen-bond donors (Lipinski definition) is 2. The van der Waals surface area contributed by atoms with Gasteiger partial charge in [0.15, 0.2) is 0 Å². The van der Waals surface area contributed by atoms with Crippen molar-refractivity contribution in [2.45, 2.75) is 39.3 Å². The molecule has 3 heterocycles. The number of carbonyl (C=O) groups is 1. The lowest BCUT2D eigenvalue weighted by Gasteiger charge is -2.30. The zero-order chi connectivity index (χ0) is 16.2. The van der Waals surface area contributed by atoms with Crippen molar-refractivity contribution in [2.75, 3.05) is 13.2 Å². The summed E-state index contributed by atoms with van der Waals surface area (Å²) < 4.78 is 7.55. The van der Waals surface area contributed by atoms with Crippen LogP contribution in [0.4, 0.5) is 0 Å². The third kappa shape index (κ3) is 3.29. The van der Waals surface area contributed by atoms with Crippen LogP contribution in [0.5, 0.6) is 0 Å². The molecule has 7 heteroatoms. The number of nitrogens with one attached hydrogen (secondary N) is 2. The van der Waals surface area contributed by atoms with Crippen LogP contribution in [-0.2, 0) is 11.3 Å². The van der Waals surface area contributed by atoms with Crippen molar-refractivity contribution in [3.63, 3.8) is 0 Å². The molecule has 0 spiro atoms. The molecule has 7 nitrogen and oxygen atoms in total. The Morgan fingerprint density at radius 2 is 2.30 bits per heavy atom. The van der Waals surface area contributed by atoms with Gasteiger partial charge in [-0.15, -0.1) is 0 Å². The van der Waals surface area contributed by atoms with Crippen molar-refractivity contribution < 1.29 is 9.53 Å². The number of nitrogens with zero attached hydrogens (tertiary/aromatic N) is 3. The molecule has 2 aromatic heterocycles. The molecule has 0 aromatic carbocycles. The highest BCUT2D eigenvalue weighted by atomic mass is 16.5. The van der Waals surface area contributed by atoms with Gasteiger partial charge in [-0.1, -0.05) is 0 Å². The van der Waals surface area contributed by atoms with Crippen LogP contribution >= 0.6 is 0 Å². The first-order chi connectivity index (χ1) is 11.2. The molecule has 0 bridgehead atoms. The summed E-state index contributed by atoms with van der Waals surface area (Å²) in [6.07, 6.45) is 7.16. The molecular weight excluding hydrogens is 294 g/mol. The van der Waals surface area contributed by atoms with Gasteiger partial charge in [0.2, 0.25) is 0 Å². The van der Waals surface area contributed by atoms with Gasteiger partial charge in [-0.25, -0.2) is 4.98 Å². The maximum Gasteiger partial charge on any atom is 0.255 e. The number of aromatic nitrogens is 4. The SMILES string of the molecule is CCn1ccnc1[C@@H](NC(=O)c1cn[nH]c1C)C1CCOCC1. The fraction of sp³-hybridized carbons (Fsp3) is 0.562. The number of imidazole rings is 1. The second kappa shape index (κ2) is 6.95. The zero-order valence-corrected chi connectivity index (χ0v) is 13.6. The van der Waals surface area contributed by atoms with E-state index < -0.39 is 0 Å². The zero-order valence-electron chi connectivity index (χ0n) is 13.6. The molecule has 1 amide bonds. The fourth-order valence-corrected chi connectivity index (χ4v) is 3.11. The Hall–Kier alpha value is -2.15. The minimum atomic E-state index is -0.115. The number of rotatable bonds is 5. The minimum absolute atomic E-state index is 0.113. The standard InChI is InChI=1S/C16H23N5O2/c1-3-21-7-6-17-15(21)14(12-4-8-23-9-5-12)19-16(22)13-10-18-20-11(13)2/h6-7,10,12,14H,3-5,8-9H2,1-2H3,(H,18,20)(H,19,22)/t14-/m0/s1. The second-order valence-electron chi connectivity index (χ2n) is 5.88. The summed E-state index contributed by atoms with van der Waals surface area (Å²) in [5.74, 6) is 1.12. The van der Waals surface area contributed by atoms with E-state index in [1.165, 1.54) is 0 Å². The Morgan fingerprint density at radius 1 is 1.52 bits per heavy atom. The molecule has 124 valence electrons. The van der Waals surface area contributed by atoms with Crippen LogP contribution in [0, 0.1) is 12.8 Å². The Kier molecular flexibility index (Phi) is 4.76. The number of carbonyl (C=O) groups excluding carboxylic acids is 1. The van der Waals surface area contributed by atoms with Gasteiger partial charge in [0.25, 0.3) is 5.91 Å². The highest BCUT2D eigenvalue weighted by Gasteiger charge is 2.30. The summed E-state index contributed by atoms with van der Waals surface area (Å²) in [5.41, 5.74) is 1.35. The molecule has 1 atom stereocenters. The van der Waals surface area contributed by atoms with E-state index in [1.807, 2.05) is 13.1 Å². The Morgan fingerprint density at radius 3 is 2.96 bits per heavy atom. The van der Waals surface area contributed by atoms with Gasteiger partial charge in [-0.05, 0) is 32.6 Å². The lowest BCUT2D eigenvalue weighted by Crippen LogP contribution is -2.37. The molecule has 1 aliphatic rings. The van der Waals surface area contributed by atoms with E-state index in [4.69, 9.17) is 4.74 Å². The second-order valence-corrected chi connectivity index (χ2v) is 5.88. The Labute approximate surface area is 135 Å². The average Bonchev–Trinajstić information content (AvgIpc) is 3.21. The minimum Gasteiger partial charge on any atom is -0.381 e. The quantitative estimate of drug-likeness (QED) is 0.881. The van der Waals surface area contributed by atoms with E-state index in [0.717, 1.165) is 44.1 Å². The predicted octanol–water partition coefficient (Wildman–Crippen LogP) is 1.83.